The monoisotopic (exact) mass is 479 g/mol. The normalized spacial score (nSPS) is 20.5. The van der Waals surface area contributed by atoms with Gasteiger partial charge in [-0.25, -0.2) is 0 Å². The van der Waals surface area contributed by atoms with Crippen molar-refractivity contribution in [3.63, 3.8) is 0 Å². The zero-order chi connectivity index (χ0) is 23.1. The Kier molecular flexibility index (Phi) is 5.56. The number of non-ortho nitro benzene ring substituents is 1. The Labute approximate surface area is 200 Å². The Balaban J connectivity index is 1.41. The van der Waals surface area contributed by atoms with Crippen LogP contribution in [-0.4, -0.2) is 10.8 Å². The predicted molar refractivity (Wildman–Crippen MR) is 130 cm³/mol. The number of nitrogens with zero attached hydrogens (tertiary/aromatic N) is 1. The van der Waals surface area contributed by atoms with Crippen LogP contribution >= 0.6 is 23.2 Å². The van der Waals surface area contributed by atoms with Crippen LogP contribution in [0.3, 0.4) is 0 Å². The molecule has 3 atom stereocenters. The van der Waals surface area contributed by atoms with Gasteiger partial charge < -0.3 is 10.6 Å². The number of nitro benzene ring substituents is 1. The Bertz CT molecular complexity index is 1290. The lowest BCUT2D eigenvalue weighted by Crippen LogP contribution is -2.29. The Morgan fingerprint density at radius 1 is 1.06 bits per heavy atom. The molecule has 6 nitrogen and oxygen atoms in total. The average Bonchev–Trinajstić information content (AvgIpc) is 3.29. The molecule has 0 fully saturated rings. The molecule has 3 aromatic carbocycles. The van der Waals surface area contributed by atoms with Gasteiger partial charge in [0.2, 0.25) is 0 Å². The lowest BCUT2D eigenvalue weighted by molar-refractivity contribution is -0.384. The van der Waals surface area contributed by atoms with E-state index >= 15 is 0 Å². The molecule has 0 saturated carbocycles. The highest BCUT2D eigenvalue weighted by atomic mass is 35.5. The molecule has 33 heavy (non-hydrogen) atoms. The predicted octanol–water partition coefficient (Wildman–Crippen LogP) is 6.98. The molecule has 0 saturated heterocycles. The van der Waals surface area contributed by atoms with E-state index in [1.54, 1.807) is 30.3 Å². The van der Waals surface area contributed by atoms with Crippen molar-refractivity contribution in [3.8, 4) is 0 Å². The van der Waals surface area contributed by atoms with Crippen molar-refractivity contribution in [1.82, 2.24) is 0 Å². The van der Waals surface area contributed by atoms with Crippen LogP contribution in [0.15, 0.2) is 72.8 Å². The van der Waals surface area contributed by atoms with Crippen LogP contribution in [0.4, 0.5) is 17.1 Å². The fraction of sp³-hybridized carbons (Fsp3) is 0.160. The number of amides is 1. The number of allylic oxidation sites excluding steroid dienone is 2. The molecule has 1 heterocycles. The summed E-state index contributed by atoms with van der Waals surface area (Å²) in [6.07, 6.45) is 5.27. The van der Waals surface area contributed by atoms with E-state index in [0.29, 0.717) is 21.3 Å². The SMILES string of the molecule is O=C(Nc1ccc2c(c1)[C@H]1C=CC[C@H]1[C@H](c1ccc([N+](=O)[O-])cc1)N2)c1ccc(Cl)cc1Cl. The molecular formula is C25H19Cl2N3O3. The van der Waals surface area contributed by atoms with Crippen molar-refractivity contribution in [2.75, 3.05) is 10.6 Å². The first kappa shape index (κ1) is 21.5. The van der Waals surface area contributed by atoms with E-state index in [-0.39, 0.29) is 34.4 Å². The van der Waals surface area contributed by atoms with Crippen molar-refractivity contribution in [2.24, 2.45) is 5.92 Å². The highest BCUT2D eigenvalue weighted by Gasteiger charge is 2.38. The summed E-state index contributed by atoms with van der Waals surface area (Å²) in [5.74, 6) is 0.149. The molecule has 0 bridgehead atoms. The first-order chi connectivity index (χ1) is 15.9. The average molecular weight is 480 g/mol. The van der Waals surface area contributed by atoms with Crippen LogP contribution in [0.1, 0.15) is 39.9 Å². The summed E-state index contributed by atoms with van der Waals surface area (Å²) in [6.45, 7) is 0. The third-order valence-corrected chi connectivity index (χ3v) is 6.81. The molecular weight excluding hydrogens is 461 g/mol. The Hall–Kier alpha value is -3.35. The largest absolute Gasteiger partial charge is 0.378 e. The summed E-state index contributed by atoms with van der Waals surface area (Å²) < 4.78 is 0. The van der Waals surface area contributed by atoms with Crippen LogP contribution in [0.2, 0.25) is 10.0 Å². The molecule has 0 unspecified atom stereocenters. The van der Waals surface area contributed by atoms with Gasteiger partial charge in [-0.15, -0.1) is 0 Å². The van der Waals surface area contributed by atoms with E-state index in [1.807, 2.05) is 30.3 Å². The highest BCUT2D eigenvalue weighted by Crippen LogP contribution is 2.50. The minimum atomic E-state index is -0.389. The molecule has 0 spiro atoms. The zero-order valence-corrected chi connectivity index (χ0v) is 18.8. The molecule has 5 rings (SSSR count). The van der Waals surface area contributed by atoms with Crippen LogP contribution in [-0.2, 0) is 0 Å². The van der Waals surface area contributed by atoms with Gasteiger partial charge in [0.1, 0.15) is 0 Å². The molecule has 2 aliphatic rings. The van der Waals surface area contributed by atoms with Gasteiger partial charge in [0, 0.05) is 34.4 Å². The van der Waals surface area contributed by atoms with Gasteiger partial charge in [-0.1, -0.05) is 47.5 Å². The fourth-order valence-corrected chi connectivity index (χ4v) is 5.17. The van der Waals surface area contributed by atoms with Crippen molar-refractivity contribution >= 4 is 46.2 Å². The topological polar surface area (TPSA) is 84.3 Å². The number of anilines is 2. The van der Waals surface area contributed by atoms with Crippen LogP contribution in [0, 0.1) is 16.0 Å². The Morgan fingerprint density at radius 2 is 1.85 bits per heavy atom. The number of hydrogen-bond donors (Lipinski definition) is 2. The van der Waals surface area contributed by atoms with Crippen molar-refractivity contribution in [1.29, 1.82) is 0 Å². The molecule has 0 aromatic heterocycles. The number of nitrogens with one attached hydrogen (secondary N) is 2. The number of carbonyl (C=O) groups is 1. The van der Waals surface area contributed by atoms with E-state index in [1.165, 1.54) is 0 Å². The number of hydrogen-bond acceptors (Lipinski definition) is 4. The standard InChI is InChI=1S/C25H19Cl2N3O3/c26-15-6-10-20(22(27)12-15)25(31)28-16-7-11-23-21(13-16)18-2-1-3-19(18)24(29-23)14-4-8-17(9-5-14)30(32)33/h1-2,4-13,18-19,24,29H,3H2,(H,28,31)/t18-,19+,24-/m0/s1. The van der Waals surface area contributed by atoms with Crippen LogP contribution in [0.25, 0.3) is 0 Å². The van der Waals surface area contributed by atoms with Crippen molar-refractivity contribution in [3.05, 3.63) is 110 Å². The van der Waals surface area contributed by atoms with Gasteiger partial charge in [-0.3, -0.25) is 14.9 Å². The van der Waals surface area contributed by atoms with Gasteiger partial charge in [0.25, 0.3) is 11.6 Å². The number of carbonyl (C=O) groups excluding carboxylic acids is 1. The molecule has 2 N–H and O–H groups in total. The Morgan fingerprint density at radius 3 is 2.58 bits per heavy atom. The second-order valence-electron chi connectivity index (χ2n) is 8.20. The van der Waals surface area contributed by atoms with E-state index in [0.717, 1.165) is 23.2 Å². The molecule has 166 valence electrons. The number of halogens is 2. The summed E-state index contributed by atoms with van der Waals surface area (Å²) in [7, 11) is 0. The lowest BCUT2D eigenvalue weighted by Gasteiger charge is -2.37. The number of nitro groups is 1. The maximum absolute atomic E-state index is 12.7. The van der Waals surface area contributed by atoms with Gasteiger partial charge >= 0.3 is 0 Å². The van der Waals surface area contributed by atoms with E-state index in [4.69, 9.17) is 23.2 Å². The summed E-state index contributed by atoms with van der Waals surface area (Å²) in [5, 5.41) is 18.3. The first-order valence-corrected chi connectivity index (χ1v) is 11.2. The number of fused-ring (bicyclic) bond motifs is 3. The third-order valence-electron chi connectivity index (χ3n) is 6.26. The zero-order valence-electron chi connectivity index (χ0n) is 17.3. The number of rotatable bonds is 4. The maximum Gasteiger partial charge on any atom is 0.269 e. The summed E-state index contributed by atoms with van der Waals surface area (Å²) in [5.41, 5.74) is 4.21. The van der Waals surface area contributed by atoms with E-state index in [2.05, 4.69) is 22.8 Å². The smallest absolute Gasteiger partial charge is 0.269 e. The quantitative estimate of drug-likeness (QED) is 0.240. The van der Waals surface area contributed by atoms with Crippen molar-refractivity contribution in [2.45, 2.75) is 18.4 Å². The molecule has 1 aliphatic carbocycles. The fourth-order valence-electron chi connectivity index (χ4n) is 4.68. The number of benzene rings is 3. The summed E-state index contributed by atoms with van der Waals surface area (Å²) in [4.78, 5) is 23.4. The molecule has 3 aromatic rings. The first-order valence-electron chi connectivity index (χ1n) is 10.5. The van der Waals surface area contributed by atoms with Gasteiger partial charge in [-0.05, 0) is 59.9 Å². The van der Waals surface area contributed by atoms with Gasteiger partial charge in [0.15, 0.2) is 0 Å². The second-order valence-corrected chi connectivity index (χ2v) is 9.05. The van der Waals surface area contributed by atoms with Crippen LogP contribution < -0.4 is 10.6 Å². The lowest BCUT2D eigenvalue weighted by atomic mass is 9.77. The van der Waals surface area contributed by atoms with Gasteiger partial charge in [0.05, 0.1) is 21.6 Å². The molecule has 1 aliphatic heterocycles. The van der Waals surface area contributed by atoms with Crippen molar-refractivity contribution < 1.29 is 9.72 Å². The highest BCUT2D eigenvalue weighted by molar-refractivity contribution is 6.37. The summed E-state index contributed by atoms with van der Waals surface area (Å²) in [6, 6.07) is 17.3. The summed E-state index contributed by atoms with van der Waals surface area (Å²) >= 11 is 12.1. The third kappa shape index (κ3) is 4.08. The second kappa shape index (κ2) is 8.54. The molecule has 8 heteroatoms. The minimum absolute atomic E-state index is 0.0339. The minimum Gasteiger partial charge on any atom is -0.378 e. The molecule has 1 amide bonds. The maximum atomic E-state index is 12.7. The van der Waals surface area contributed by atoms with E-state index in [9.17, 15) is 14.9 Å². The van der Waals surface area contributed by atoms with Crippen LogP contribution in [0.5, 0.6) is 0 Å². The molecule has 0 radical (unpaired) electrons. The van der Waals surface area contributed by atoms with Gasteiger partial charge in [-0.2, -0.15) is 0 Å². The van der Waals surface area contributed by atoms with E-state index < -0.39 is 0 Å².